The first-order valence-corrected chi connectivity index (χ1v) is 6.14. The second kappa shape index (κ2) is 8.53. The van der Waals surface area contributed by atoms with Gasteiger partial charge in [0.2, 0.25) is 0 Å². The first-order valence-electron chi connectivity index (χ1n) is 6.14. The van der Waals surface area contributed by atoms with E-state index in [1.165, 1.54) is 0 Å². The van der Waals surface area contributed by atoms with Crippen LogP contribution in [0, 0.1) is 0 Å². The van der Waals surface area contributed by atoms with Crippen molar-refractivity contribution in [3.8, 4) is 0 Å². The second-order valence-corrected chi connectivity index (χ2v) is 3.82. The van der Waals surface area contributed by atoms with Crippen molar-refractivity contribution in [1.29, 1.82) is 0 Å². The lowest BCUT2D eigenvalue weighted by molar-refractivity contribution is -0.246. The molecule has 0 aromatic rings. The van der Waals surface area contributed by atoms with E-state index >= 15 is 0 Å². The molecule has 0 aromatic carbocycles. The molecule has 1 N–H and O–H groups in total. The van der Waals surface area contributed by atoms with E-state index in [-0.39, 0.29) is 0 Å². The van der Waals surface area contributed by atoms with Gasteiger partial charge in [-0.2, -0.15) is 0 Å². The lowest BCUT2D eigenvalue weighted by atomic mass is 10.2. The summed E-state index contributed by atoms with van der Waals surface area (Å²) in [5.74, 6) is -2.47. The summed E-state index contributed by atoms with van der Waals surface area (Å²) < 4.78 is 10.8. The summed E-state index contributed by atoms with van der Waals surface area (Å²) in [4.78, 5) is 11.2. The predicted octanol–water partition coefficient (Wildman–Crippen LogP) is 2.81. The summed E-state index contributed by atoms with van der Waals surface area (Å²) in [6.45, 7) is 6.71. The number of carboxylic acid groups (broad SMARTS) is 1. The molecule has 0 radical (unpaired) electrons. The monoisotopic (exact) mass is 232 g/mol. The molecule has 16 heavy (non-hydrogen) atoms. The minimum absolute atomic E-state index is 0.329. The molecule has 0 heterocycles. The van der Waals surface area contributed by atoms with Gasteiger partial charge in [-0.25, -0.2) is 4.79 Å². The molecule has 0 aromatic heterocycles. The van der Waals surface area contributed by atoms with Gasteiger partial charge < -0.3 is 14.6 Å². The molecule has 0 aliphatic rings. The minimum atomic E-state index is -1.44. The van der Waals surface area contributed by atoms with E-state index in [0.717, 1.165) is 25.7 Å². The predicted molar refractivity (Wildman–Crippen MR) is 62.4 cm³/mol. The highest BCUT2D eigenvalue weighted by atomic mass is 16.7. The van der Waals surface area contributed by atoms with Crippen LogP contribution in [0.4, 0.5) is 0 Å². The number of hydrogen-bond donors (Lipinski definition) is 1. The summed E-state index contributed by atoms with van der Waals surface area (Å²) in [6, 6.07) is 0. The molecule has 0 saturated heterocycles. The van der Waals surface area contributed by atoms with Crippen LogP contribution in [0.5, 0.6) is 0 Å². The number of carbonyl (C=O) groups is 1. The highest BCUT2D eigenvalue weighted by Gasteiger charge is 2.39. The topological polar surface area (TPSA) is 55.8 Å². The van der Waals surface area contributed by atoms with Crippen LogP contribution in [0.1, 0.15) is 52.9 Å². The Bertz CT molecular complexity index is 181. The molecule has 0 unspecified atom stereocenters. The van der Waals surface area contributed by atoms with Crippen LogP contribution in [0.3, 0.4) is 0 Å². The molecule has 4 nitrogen and oxygen atoms in total. The molecule has 0 aliphatic heterocycles. The SMILES string of the molecule is CCCCOC(CC)(OCCCC)C(=O)O. The smallest absolute Gasteiger partial charge is 0.364 e. The molecular weight excluding hydrogens is 208 g/mol. The molecule has 0 rings (SSSR count). The van der Waals surface area contributed by atoms with E-state index in [0.29, 0.717) is 19.6 Å². The van der Waals surface area contributed by atoms with E-state index in [4.69, 9.17) is 9.47 Å². The standard InChI is InChI=1S/C12H24O4/c1-4-7-9-15-12(6-3,11(13)14)16-10-8-5-2/h4-10H2,1-3H3,(H,13,14). The van der Waals surface area contributed by atoms with Crippen LogP contribution in [0.25, 0.3) is 0 Å². The summed E-state index contributed by atoms with van der Waals surface area (Å²) in [7, 11) is 0. The van der Waals surface area contributed by atoms with E-state index in [1.54, 1.807) is 6.92 Å². The van der Waals surface area contributed by atoms with Crippen LogP contribution in [-0.2, 0) is 14.3 Å². The van der Waals surface area contributed by atoms with Crippen molar-refractivity contribution in [2.45, 2.75) is 58.7 Å². The fraction of sp³-hybridized carbons (Fsp3) is 0.917. The molecular formula is C12H24O4. The largest absolute Gasteiger partial charge is 0.477 e. The zero-order chi connectivity index (χ0) is 12.4. The van der Waals surface area contributed by atoms with Gasteiger partial charge >= 0.3 is 5.97 Å². The molecule has 0 spiro atoms. The summed E-state index contributed by atoms with van der Waals surface area (Å²) in [5.41, 5.74) is 0. The zero-order valence-corrected chi connectivity index (χ0v) is 10.6. The van der Waals surface area contributed by atoms with Crippen molar-refractivity contribution < 1.29 is 19.4 Å². The minimum Gasteiger partial charge on any atom is -0.477 e. The molecule has 0 bridgehead atoms. The Morgan fingerprint density at radius 1 is 1.06 bits per heavy atom. The Morgan fingerprint density at radius 2 is 1.50 bits per heavy atom. The maximum absolute atomic E-state index is 11.2. The van der Waals surface area contributed by atoms with Crippen LogP contribution in [0.2, 0.25) is 0 Å². The normalized spacial score (nSPS) is 11.7. The fourth-order valence-electron chi connectivity index (χ4n) is 1.28. The molecule has 4 heteroatoms. The summed E-state index contributed by atoms with van der Waals surface area (Å²) in [5, 5.41) is 9.17. The number of hydrogen-bond acceptors (Lipinski definition) is 3. The first kappa shape index (κ1) is 15.4. The van der Waals surface area contributed by atoms with Gasteiger partial charge in [-0.15, -0.1) is 0 Å². The Kier molecular flexibility index (Phi) is 8.21. The van der Waals surface area contributed by atoms with Gasteiger partial charge in [0, 0.05) is 6.42 Å². The fourth-order valence-corrected chi connectivity index (χ4v) is 1.28. The van der Waals surface area contributed by atoms with Crippen LogP contribution in [-0.4, -0.2) is 30.1 Å². The van der Waals surface area contributed by atoms with Gasteiger partial charge in [0.15, 0.2) is 0 Å². The maximum Gasteiger partial charge on any atom is 0.364 e. The number of ether oxygens (including phenoxy) is 2. The van der Waals surface area contributed by atoms with E-state index in [1.807, 2.05) is 13.8 Å². The highest BCUT2D eigenvalue weighted by molar-refractivity contribution is 5.75. The third kappa shape index (κ3) is 4.94. The lowest BCUT2D eigenvalue weighted by Crippen LogP contribution is -2.44. The zero-order valence-electron chi connectivity index (χ0n) is 10.6. The molecule has 0 fully saturated rings. The summed E-state index contributed by atoms with van der Waals surface area (Å²) >= 11 is 0. The third-order valence-electron chi connectivity index (χ3n) is 2.46. The van der Waals surface area contributed by atoms with Crippen molar-refractivity contribution in [2.24, 2.45) is 0 Å². The molecule has 0 amide bonds. The number of aliphatic carboxylic acids is 1. The van der Waals surface area contributed by atoms with Crippen LogP contribution < -0.4 is 0 Å². The first-order chi connectivity index (χ1) is 7.63. The molecule has 0 aliphatic carbocycles. The quantitative estimate of drug-likeness (QED) is 0.465. The Balaban J connectivity index is 4.27. The van der Waals surface area contributed by atoms with Crippen molar-refractivity contribution >= 4 is 5.97 Å². The van der Waals surface area contributed by atoms with Gasteiger partial charge in [-0.1, -0.05) is 33.6 Å². The van der Waals surface area contributed by atoms with Gasteiger partial charge in [0.1, 0.15) is 0 Å². The van der Waals surface area contributed by atoms with E-state index in [9.17, 15) is 9.90 Å². The van der Waals surface area contributed by atoms with Crippen molar-refractivity contribution in [3.05, 3.63) is 0 Å². The maximum atomic E-state index is 11.2. The van der Waals surface area contributed by atoms with Crippen LogP contribution in [0.15, 0.2) is 0 Å². The van der Waals surface area contributed by atoms with Gasteiger partial charge in [-0.05, 0) is 12.8 Å². The Hall–Kier alpha value is -0.610. The Labute approximate surface area is 97.9 Å². The number of unbranched alkanes of at least 4 members (excludes halogenated alkanes) is 2. The highest BCUT2D eigenvalue weighted by Crippen LogP contribution is 2.19. The average Bonchev–Trinajstić information content (AvgIpc) is 2.27. The van der Waals surface area contributed by atoms with E-state index in [2.05, 4.69) is 0 Å². The second-order valence-electron chi connectivity index (χ2n) is 3.82. The summed E-state index contributed by atoms with van der Waals surface area (Å²) in [6.07, 6.45) is 4.00. The van der Waals surface area contributed by atoms with Gasteiger partial charge in [0.25, 0.3) is 5.79 Å². The lowest BCUT2D eigenvalue weighted by Gasteiger charge is -2.28. The number of rotatable bonds is 10. The van der Waals surface area contributed by atoms with Gasteiger partial charge in [0.05, 0.1) is 13.2 Å². The Morgan fingerprint density at radius 3 is 1.75 bits per heavy atom. The third-order valence-corrected chi connectivity index (χ3v) is 2.46. The van der Waals surface area contributed by atoms with Crippen molar-refractivity contribution in [1.82, 2.24) is 0 Å². The van der Waals surface area contributed by atoms with E-state index < -0.39 is 11.8 Å². The van der Waals surface area contributed by atoms with Gasteiger partial charge in [-0.3, -0.25) is 0 Å². The van der Waals surface area contributed by atoms with Crippen molar-refractivity contribution in [3.63, 3.8) is 0 Å². The molecule has 96 valence electrons. The van der Waals surface area contributed by atoms with Crippen LogP contribution >= 0.6 is 0 Å². The molecule has 0 saturated carbocycles. The van der Waals surface area contributed by atoms with Crippen molar-refractivity contribution in [2.75, 3.05) is 13.2 Å². The average molecular weight is 232 g/mol. The number of carboxylic acids is 1. The molecule has 0 atom stereocenters.